The number of ether oxygens (including phenoxy) is 11. The zero-order chi connectivity index (χ0) is 89.6. The number of anilines is 2. The number of Topliss-reactive ketones (excluding diaryl/α,β-unsaturated/α-hetero) is 1. The molecule has 1 aliphatic carbocycles. The largest absolute Gasteiger partial charge is 0.461 e. The van der Waals surface area contributed by atoms with Gasteiger partial charge in [-0.2, -0.15) is 0 Å². The normalized spacial score (nSPS) is 24.9. The number of carbonyl (C=O) groups is 8. The zero-order valence-corrected chi connectivity index (χ0v) is 74.2. The van der Waals surface area contributed by atoms with Gasteiger partial charge in [0.2, 0.25) is 35.4 Å². The first-order valence-electron chi connectivity index (χ1n) is 41.2. The fourth-order valence-corrected chi connectivity index (χ4v) is 17.3. The van der Waals surface area contributed by atoms with Crippen molar-refractivity contribution >= 4 is 118 Å². The number of hydrogen-bond acceptors (Lipinski definition) is 32. The van der Waals surface area contributed by atoms with E-state index in [1.807, 2.05) is 14.1 Å². The van der Waals surface area contributed by atoms with Crippen LogP contribution in [0.2, 0.25) is 0 Å². The SMILES string of the molecule is CN(C)CC1CCCCC1C(=O)Nc1ncnc2c1ncn2[C@@H]1O[C@@H]2COP(O)(=S)O[C@H]3C(n4cc(F)c5c(=O)[nH]cnc54)O[C@H](COP(=O)(S)O[C@H]2[C@H]1F)[C@H]3O.COCCOCCOCCOCCOCCOCCOCCOCCC(=O)N[C@@H](CCCCN1C(=O)CC(C)C1=O)C(=O)N[C@H](C(=O)C[C@@H](C)C(=O)Nc1ccc(COC(C)=O)cc1)C(C)C. The van der Waals surface area contributed by atoms with Gasteiger partial charge in [-0.05, 0) is 87.5 Å². The number of likely N-dealkylation sites (tertiary alicyclic amines) is 1. The van der Waals surface area contributed by atoms with Crippen molar-refractivity contribution in [1.82, 2.24) is 54.5 Å². The molecule has 40 nitrogen and oxygen atoms in total. The molecule has 6 amide bonds. The van der Waals surface area contributed by atoms with E-state index in [-0.39, 0.29) is 128 Å². The van der Waals surface area contributed by atoms with Gasteiger partial charge in [0.1, 0.15) is 54.9 Å². The molecule has 5 fully saturated rings. The highest BCUT2D eigenvalue weighted by Gasteiger charge is 2.54. The van der Waals surface area contributed by atoms with Gasteiger partial charge in [0.05, 0.1) is 131 Å². The number of carbonyl (C=O) groups excluding carboxylic acids is 8. The summed E-state index contributed by atoms with van der Waals surface area (Å²) < 4.78 is 130. The van der Waals surface area contributed by atoms with E-state index < -0.39 is 134 Å². The number of nitrogens with one attached hydrogen (secondary N) is 5. The molecule has 7 N–H and O–H groups in total. The number of alkyl halides is 1. The van der Waals surface area contributed by atoms with E-state index in [0.717, 1.165) is 54.9 Å². The minimum Gasteiger partial charge on any atom is -0.461 e. The Balaban J connectivity index is 0.000000284. The fraction of sp³-hybridized carbons (Fsp3) is 0.679. The number of aliphatic hydroxyl groups excluding tert-OH is 1. The van der Waals surface area contributed by atoms with Gasteiger partial charge in [0, 0.05) is 76.0 Å². The Hall–Kier alpha value is -7.24. The van der Waals surface area contributed by atoms with Crippen LogP contribution in [-0.4, -0.2) is 296 Å². The quantitative estimate of drug-likeness (QED) is 0.00815. The van der Waals surface area contributed by atoms with E-state index >= 15 is 4.39 Å². The second-order valence-electron chi connectivity index (χ2n) is 30.9. The Kier molecular flexibility index (Phi) is 40.5. The molecular formula is C78H115F2N13O27P2S2. The van der Waals surface area contributed by atoms with E-state index in [4.69, 9.17) is 82.0 Å². The molecule has 46 heteroatoms. The highest BCUT2D eigenvalue weighted by atomic mass is 32.7. The first-order chi connectivity index (χ1) is 59.3. The number of methoxy groups -OCH3 is 1. The summed E-state index contributed by atoms with van der Waals surface area (Å²) in [4.78, 5) is 149. The molecule has 8 heterocycles. The minimum absolute atomic E-state index is 0.0421. The third kappa shape index (κ3) is 30.2. The number of unbranched alkanes of at least 4 members (excludes halogenated alkanes) is 1. The molecule has 16 atom stereocenters. The van der Waals surface area contributed by atoms with Crippen molar-refractivity contribution in [1.29, 1.82) is 0 Å². The molecule has 1 aromatic carbocycles. The fourth-order valence-electron chi connectivity index (χ4n) is 14.4. The smallest absolute Gasteiger partial charge is 0.386 e. The molecule has 4 aromatic heterocycles. The Labute approximate surface area is 726 Å². The summed E-state index contributed by atoms with van der Waals surface area (Å²) in [5.41, 5.74) is 0.516. The van der Waals surface area contributed by atoms with Crippen LogP contribution in [0.15, 0.2) is 54.2 Å². The average Bonchev–Trinajstić information content (AvgIpc) is 1.60. The van der Waals surface area contributed by atoms with Crippen molar-refractivity contribution in [2.45, 2.75) is 167 Å². The van der Waals surface area contributed by atoms with E-state index in [1.54, 1.807) is 59.1 Å². The predicted molar refractivity (Wildman–Crippen MR) is 446 cm³/mol. The Morgan fingerprint density at radius 1 is 0.758 bits per heavy atom. The van der Waals surface area contributed by atoms with Gasteiger partial charge in [-0.1, -0.05) is 64.9 Å². The van der Waals surface area contributed by atoms with Crippen molar-refractivity contribution in [2.24, 2.45) is 29.6 Å². The van der Waals surface area contributed by atoms with Crippen LogP contribution in [-0.2, 0) is 132 Å². The average molecular weight is 1830 g/mol. The van der Waals surface area contributed by atoms with Crippen LogP contribution in [0, 0.1) is 35.4 Å². The number of rotatable bonds is 46. The maximum absolute atomic E-state index is 16.5. The predicted octanol–water partition coefficient (Wildman–Crippen LogP) is 5.20. The molecule has 2 bridgehead atoms. The number of aromatic nitrogens is 7. The van der Waals surface area contributed by atoms with E-state index in [9.17, 15) is 62.1 Å². The first-order valence-corrected chi connectivity index (χ1v) is 46.5. The van der Waals surface area contributed by atoms with Crippen molar-refractivity contribution < 1.29 is 132 Å². The number of fused-ring (bicyclic) bond motifs is 5. The van der Waals surface area contributed by atoms with Crippen molar-refractivity contribution in [3.63, 3.8) is 0 Å². The number of thiol groups is 1. The summed E-state index contributed by atoms with van der Waals surface area (Å²) in [6, 6.07) is 4.79. The molecule has 4 aliphatic heterocycles. The molecule has 5 aromatic rings. The molecule has 0 spiro atoms. The topological polar surface area (TPSA) is 481 Å². The number of aliphatic hydroxyl groups is 1. The van der Waals surface area contributed by atoms with Crippen LogP contribution in [0.3, 0.4) is 0 Å². The number of H-pyrrole nitrogens is 1. The summed E-state index contributed by atoms with van der Waals surface area (Å²) in [6.45, 7) is 5.07. The lowest BCUT2D eigenvalue weighted by molar-refractivity contribution is -0.142. The van der Waals surface area contributed by atoms with E-state index in [1.165, 1.54) is 29.0 Å². The van der Waals surface area contributed by atoms with Crippen molar-refractivity contribution in [2.75, 3.05) is 157 Å². The van der Waals surface area contributed by atoms with Crippen molar-refractivity contribution in [3.8, 4) is 0 Å². The molecule has 5 aliphatic rings. The first kappa shape index (κ1) is 101. The summed E-state index contributed by atoms with van der Waals surface area (Å²) in [5, 5.41) is 22.1. The van der Waals surface area contributed by atoms with E-state index in [0.29, 0.717) is 97.8 Å². The number of nitrogens with zero attached hydrogens (tertiary/aromatic N) is 8. The lowest BCUT2D eigenvalue weighted by atomic mass is 9.78. The van der Waals surface area contributed by atoms with Gasteiger partial charge in [0.25, 0.3) is 5.56 Å². The standard InChI is InChI=1S/C47H76N4O16.C31H39F2N9O11P2S2/c1-34(2)44(41(53)31-35(3)45(56)48-39-12-10-38(11-13-39)33-67-37(5)52)50-46(57)40(9-7-8-15-51-43(55)32-36(4)47(51)58)49-42(54)14-16-60-19-20-62-23-24-64-27-28-66-30-29-65-26-25-63-22-21-61-18-17-59-6;1-40(2)7-14-5-3-4-6-15(14)28(44)39-25-21-27(36-11-34-25)42(13-38-21)30-20(33)23-18(51-30)10-49-55(47,57)53-24-22(43)17(9-48-54(46,56)52-23)50-31(24)41-8-16(32)19-26(41)35-12-37-29(19)45/h10-13,34-36,40,44H,7-9,14-33H2,1-6H3,(H,48,56)(H,49,54)(H,50,57);8,11-15,17-18,20,22-24,30-31,43H,3-7,9-10H2,1-2H3,(H,46,56)(H,47,57)(H,35,37,45)(H,34,36,39,44)/t35-,36?,40+,44+;14?,15?,17-,18-,20-,22-,23-,24-,30-,31?,54?,55?/m11/s1. The number of halogens is 2. The third-order valence-electron chi connectivity index (χ3n) is 20.8. The Morgan fingerprint density at radius 2 is 1.38 bits per heavy atom. The number of ketones is 1. The maximum Gasteiger partial charge on any atom is 0.386 e. The number of esters is 1. The summed E-state index contributed by atoms with van der Waals surface area (Å²) in [5.74, 6) is -5.20. The number of amides is 6. The lowest BCUT2D eigenvalue weighted by Gasteiger charge is -2.32. The summed E-state index contributed by atoms with van der Waals surface area (Å²) in [6.07, 6.45) is -3.99. The third-order valence-corrected chi connectivity index (χ3v) is 23.9. The number of imidazole rings is 1. The monoisotopic (exact) mass is 1830 g/mol. The molecule has 6 unspecified atom stereocenters. The van der Waals surface area contributed by atoms with Gasteiger partial charge < -0.3 is 102 Å². The molecule has 4 saturated heterocycles. The number of hydrogen-bond donors (Lipinski definition) is 8. The number of benzene rings is 1. The van der Waals surface area contributed by atoms with Gasteiger partial charge in [-0.25, -0.2) is 33.3 Å². The Bertz CT molecular complexity index is 4490. The maximum atomic E-state index is 16.5. The van der Waals surface area contributed by atoms with Crippen LogP contribution in [0.5, 0.6) is 0 Å². The minimum atomic E-state index is -4.51. The van der Waals surface area contributed by atoms with Crippen LogP contribution in [0.1, 0.15) is 117 Å². The number of imide groups is 1. The van der Waals surface area contributed by atoms with Gasteiger partial charge in [-0.15, -0.1) is 0 Å². The van der Waals surface area contributed by atoms with Crippen LogP contribution in [0.25, 0.3) is 22.2 Å². The number of aromatic amines is 1. The van der Waals surface area contributed by atoms with Crippen molar-refractivity contribution in [3.05, 3.63) is 71.2 Å². The molecule has 1 saturated carbocycles. The summed E-state index contributed by atoms with van der Waals surface area (Å²) >= 11 is 9.32. The van der Waals surface area contributed by atoms with Crippen LogP contribution in [0.4, 0.5) is 20.3 Å². The Morgan fingerprint density at radius 3 is 1.99 bits per heavy atom. The second kappa shape index (κ2) is 49.9. The van der Waals surface area contributed by atoms with E-state index in [2.05, 4.69) is 63.3 Å². The van der Waals surface area contributed by atoms with Gasteiger partial charge >= 0.3 is 19.5 Å². The highest BCUT2D eigenvalue weighted by molar-refractivity contribution is 8.44. The van der Waals surface area contributed by atoms with Gasteiger partial charge in [0.15, 0.2) is 52.9 Å². The molecule has 124 heavy (non-hydrogen) atoms. The second-order valence-corrected chi connectivity index (χ2v) is 36.6. The zero-order valence-electron chi connectivity index (χ0n) is 70.7. The molecule has 10 rings (SSSR count). The van der Waals surface area contributed by atoms with Gasteiger partial charge in [-0.3, -0.25) is 66.2 Å². The molecule has 0 radical (unpaired) electrons. The van der Waals surface area contributed by atoms with Crippen LogP contribution >= 0.6 is 25.8 Å². The molecular weight excluding hydrogens is 1710 g/mol. The lowest BCUT2D eigenvalue weighted by Crippen LogP contribution is -2.53. The van der Waals surface area contributed by atoms with Crippen LogP contribution < -0.4 is 26.8 Å². The highest BCUT2D eigenvalue weighted by Crippen LogP contribution is 2.59. The molecule has 690 valence electrons. The summed E-state index contributed by atoms with van der Waals surface area (Å²) in [7, 11) is 5.55.